The smallest absolute Gasteiger partial charge is 0.166 e. The first-order valence-corrected chi connectivity index (χ1v) is 9.46. The van der Waals surface area contributed by atoms with Crippen molar-refractivity contribution in [2.45, 2.75) is 25.7 Å². The Morgan fingerprint density at radius 2 is 1.39 bits per heavy atom. The van der Waals surface area contributed by atoms with Crippen molar-refractivity contribution in [3.8, 4) is 0 Å². The minimum atomic E-state index is -0.764. The Hall–Kier alpha value is -2.88. The van der Waals surface area contributed by atoms with Gasteiger partial charge in [-0.25, -0.2) is 8.78 Å². The molecule has 0 unspecified atom stereocenters. The van der Waals surface area contributed by atoms with Crippen LogP contribution in [0, 0.1) is 23.5 Å². The van der Waals surface area contributed by atoms with Gasteiger partial charge < -0.3 is 0 Å². The first-order chi connectivity index (χ1) is 13.5. The zero-order valence-electron chi connectivity index (χ0n) is 15.5. The molecule has 0 atom stereocenters. The van der Waals surface area contributed by atoms with Crippen LogP contribution >= 0.6 is 0 Å². The number of carbonyl (C=O) groups excluding carboxylic acids is 2. The van der Waals surface area contributed by atoms with Gasteiger partial charge in [0.15, 0.2) is 11.6 Å². The Kier molecular flexibility index (Phi) is 6.64. The Balaban J connectivity index is 1.73. The average Bonchev–Trinajstić information content (AvgIpc) is 2.63. The number of hydrogen-bond acceptors (Lipinski definition) is 2. The van der Waals surface area contributed by atoms with E-state index in [4.69, 9.17) is 0 Å². The van der Waals surface area contributed by atoms with Crippen LogP contribution in [0.5, 0.6) is 0 Å². The summed E-state index contributed by atoms with van der Waals surface area (Å²) in [6.07, 6.45) is 9.46. The highest BCUT2D eigenvalue weighted by Gasteiger charge is 2.29. The van der Waals surface area contributed by atoms with Crippen molar-refractivity contribution < 1.29 is 18.4 Å². The highest BCUT2D eigenvalue weighted by molar-refractivity contribution is 6.13. The van der Waals surface area contributed by atoms with Crippen molar-refractivity contribution in [2.24, 2.45) is 11.8 Å². The molecule has 144 valence electrons. The van der Waals surface area contributed by atoms with Crippen molar-refractivity contribution in [3.05, 3.63) is 83.4 Å². The molecule has 1 fully saturated rings. The molecule has 0 heterocycles. The molecule has 0 spiro atoms. The van der Waals surface area contributed by atoms with Gasteiger partial charge >= 0.3 is 0 Å². The number of rotatable bonds is 8. The van der Waals surface area contributed by atoms with E-state index in [9.17, 15) is 18.4 Å². The van der Waals surface area contributed by atoms with E-state index in [1.165, 1.54) is 48.6 Å². The Labute approximate surface area is 163 Å². The van der Waals surface area contributed by atoms with Gasteiger partial charge in [-0.3, -0.25) is 9.59 Å². The van der Waals surface area contributed by atoms with Gasteiger partial charge in [-0.05, 0) is 59.9 Å². The molecule has 2 aromatic carbocycles. The maximum atomic E-state index is 13.3. The minimum absolute atomic E-state index is 0.287. The lowest BCUT2D eigenvalue weighted by Crippen LogP contribution is -2.26. The number of hydrogen-bond donors (Lipinski definition) is 0. The van der Waals surface area contributed by atoms with E-state index < -0.39 is 5.92 Å². The first-order valence-electron chi connectivity index (χ1n) is 9.46. The van der Waals surface area contributed by atoms with Gasteiger partial charge in [0.1, 0.15) is 11.6 Å². The molecular weight excluding hydrogens is 358 g/mol. The minimum Gasteiger partial charge on any atom is -0.294 e. The summed E-state index contributed by atoms with van der Waals surface area (Å²) in [6, 6.07) is 11.8. The van der Waals surface area contributed by atoms with Crippen LogP contribution in [0.15, 0.2) is 60.7 Å². The summed E-state index contributed by atoms with van der Waals surface area (Å²) >= 11 is 0. The van der Waals surface area contributed by atoms with Crippen LogP contribution < -0.4 is 0 Å². The van der Waals surface area contributed by atoms with Gasteiger partial charge in [-0.2, -0.15) is 0 Å². The third-order valence-electron chi connectivity index (χ3n) is 5.06. The second-order valence-corrected chi connectivity index (χ2v) is 7.17. The summed E-state index contributed by atoms with van der Waals surface area (Å²) in [6.45, 7) is 0. The zero-order chi connectivity index (χ0) is 19.9. The predicted octanol–water partition coefficient (Wildman–Crippen LogP) is 5.64. The summed E-state index contributed by atoms with van der Waals surface area (Å²) in [5.74, 6) is -1.72. The molecule has 4 heteroatoms. The van der Waals surface area contributed by atoms with Gasteiger partial charge in [0.2, 0.25) is 0 Å². The third-order valence-corrected chi connectivity index (χ3v) is 5.06. The fraction of sp³-hybridized carbons (Fsp3) is 0.250. The number of halogens is 2. The standard InChI is InChI=1S/C24H22F2O2/c25-20-8-2-6-18(14-20)10-12-23(27)22(16-17-4-1-5-17)24(28)13-11-19-7-3-9-21(26)15-19/h2-3,6-15,17,22H,1,4-5,16H2/b12-10+,13-11+. The topological polar surface area (TPSA) is 34.1 Å². The Bertz CT molecular complexity index is 843. The molecule has 1 aliphatic rings. The monoisotopic (exact) mass is 380 g/mol. The SMILES string of the molecule is O=C(/C=C/c1cccc(F)c1)C(CC1CCC1)C(=O)/C=C/c1cccc(F)c1. The number of carbonyl (C=O) groups is 2. The van der Waals surface area contributed by atoms with E-state index in [1.54, 1.807) is 24.3 Å². The molecule has 0 bridgehead atoms. The summed E-state index contributed by atoms with van der Waals surface area (Å²) in [5, 5.41) is 0. The van der Waals surface area contributed by atoms with Gasteiger partial charge in [-0.1, -0.05) is 55.7 Å². The fourth-order valence-electron chi connectivity index (χ4n) is 3.24. The molecule has 1 saturated carbocycles. The van der Waals surface area contributed by atoms with Crippen LogP contribution in [0.25, 0.3) is 12.2 Å². The van der Waals surface area contributed by atoms with Crippen molar-refractivity contribution in [2.75, 3.05) is 0 Å². The molecule has 0 radical (unpaired) electrons. The van der Waals surface area contributed by atoms with Crippen molar-refractivity contribution in [3.63, 3.8) is 0 Å². The summed E-state index contributed by atoms with van der Waals surface area (Å²) in [5.41, 5.74) is 1.14. The van der Waals surface area contributed by atoms with Gasteiger partial charge in [-0.15, -0.1) is 0 Å². The molecule has 1 aliphatic carbocycles. The molecule has 2 aromatic rings. The van der Waals surface area contributed by atoms with Gasteiger partial charge in [0.05, 0.1) is 5.92 Å². The predicted molar refractivity (Wildman–Crippen MR) is 106 cm³/mol. The van der Waals surface area contributed by atoms with E-state index in [-0.39, 0.29) is 23.2 Å². The second-order valence-electron chi connectivity index (χ2n) is 7.17. The first kappa shape index (κ1) is 19.9. The molecule has 0 aromatic heterocycles. The van der Waals surface area contributed by atoms with Crippen LogP contribution in [-0.4, -0.2) is 11.6 Å². The largest absolute Gasteiger partial charge is 0.294 e. The van der Waals surface area contributed by atoms with E-state index >= 15 is 0 Å². The maximum Gasteiger partial charge on any atom is 0.166 e. The lowest BCUT2D eigenvalue weighted by molar-refractivity contribution is -0.128. The van der Waals surface area contributed by atoms with Crippen LogP contribution in [0.2, 0.25) is 0 Å². The van der Waals surface area contributed by atoms with E-state index in [0.717, 1.165) is 19.3 Å². The van der Waals surface area contributed by atoms with Crippen LogP contribution in [0.3, 0.4) is 0 Å². The van der Waals surface area contributed by atoms with Crippen LogP contribution in [-0.2, 0) is 9.59 Å². The van der Waals surface area contributed by atoms with Crippen molar-refractivity contribution in [1.82, 2.24) is 0 Å². The van der Waals surface area contributed by atoms with Gasteiger partial charge in [0, 0.05) is 0 Å². The Morgan fingerprint density at radius 3 is 1.79 bits per heavy atom. The number of ketones is 2. The molecular formula is C24H22F2O2. The number of allylic oxidation sites excluding steroid dienone is 2. The summed E-state index contributed by atoms with van der Waals surface area (Å²) in [4.78, 5) is 25.4. The lowest BCUT2D eigenvalue weighted by atomic mass is 9.76. The van der Waals surface area contributed by atoms with E-state index in [1.807, 2.05) is 0 Å². The normalized spacial score (nSPS) is 14.7. The number of benzene rings is 2. The zero-order valence-corrected chi connectivity index (χ0v) is 15.5. The highest BCUT2D eigenvalue weighted by Crippen LogP contribution is 2.33. The Morgan fingerprint density at radius 1 is 0.893 bits per heavy atom. The van der Waals surface area contributed by atoms with Crippen molar-refractivity contribution >= 4 is 23.7 Å². The molecule has 0 N–H and O–H groups in total. The molecule has 0 amide bonds. The third kappa shape index (κ3) is 5.56. The highest BCUT2D eigenvalue weighted by atomic mass is 19.1. The average molecular weight is 380 g/mol. The molecule has 3 rings (SSSR count). The lowest BCUT2D eigenvalue weighted by Gasteiger charge is -2.27. The van der Waals surface area contributed by atoms with Crippen molar-refractivity contribution in [1.29, 1.82) is 0 Å². The van der Waals surface area contributed by atoms with E-state index in [2.05, 4.69) is 0 Å². The maximum absolute atomic E-state index is 13.3. The van der Waals surface area contributed by atoms with Crippen LogP contribution in [0.4, 0.5) is 8.78 Å². The van der Waals surface area contributed by atoms with Gasteiger partial charge in [0.25, 0.3) is 0 Å². The summed E-state index contributed by atoms with van der Waals surface area (Å²) in [7, 11) is 0. The molecule has 28 heavy (non-hydrogen) atoms. The second kappa shape index (κ2) is 9.36. The van der Waals surface area contributed by atoms with E-state index in [0.29, 0.717) is 23.5 Å². The van der Waals surface area contributed by atoms with Crippen LogP contribution in [0.1, 0.15) is 36.8 Å². The molecule has 0 aliphatic heterocycles. The fourth-order valence-corrected chi connectivity index (χ4v) is 3.24. The summed E-state index contributed by atoms with van der Waals surface area (Å²) < 4.78 is 26.6. The molecule has 2 nitrogen and oxygen atoms in total. The molecule has 0 saturated heterocycles. The quantitative estimate of drug-likeness (QED) is 0.439.